The van der Waals surface area contributed by atoms with Gasteiger partial charge in [-0.25, -0.2) is 0 Å². The number of carbonyl (C=O) groups excluding carboxylic acids is 1. The summed E-state index contributed by atoms with van der Waals surface area (Å²) in [6.07, 6.45) is 1.98. The van der Waals surface area contributed by atoms with E-state index in [4.69, 9.17) is 4.74 Å². The van der Waals surface area contributed by atoms with Crippen LogP contribution in [0.1, 0.15) is 24.0 Å². The molecule has 1 saturated carbocycles. The third kappa shape index (κ3) is 1.77. The fourth-order valence-corrected chi connectivity index (χ4v) is 3.28. The van der Waals surface area contributed by atoms with Crippen molar-refractivity contribution in [1.29, 1.82) is 0 Å². The normalized spacial score (nSPS) is 18.0. The molecule has 1 amide bonds. The lowest BCUT2D eigenvalue weighted by Crippen LogP contribution is -2.31. The number of amides is 1. The lowest BCUT2D eigenvalue weighted by Gasteiger charge is -2.18. The monoisotopic (exact) mass is 279 g/mol. The Kier molecular flexibility index (Phi) is 2.58. The van der Waals surface area contributed by atoms with Gasteiger partial charge in [-0.2, -0.15) is 0 Å². The van der Waals surface area contributed by atoms with Gasteiger partial charge < -0.3 is 9.64 Å². The topological polar surface area (TPSA) is 29.5 Å². The summed E-state index contributed by atoms with van der Waals surface area (Å²) in [4.78, 5) is 14.7. The Bertz CT molecular complexity index is 701. The molecule has 2 aromatic carbocycles. The number of hydrogen-bond donors (Lipinski definition) is 0. The third-order valence-electron chi connectivity index (χ3n) is 4.61. The van der Waals surface area contributed by atoms with Gasteiger partial charge >= 0.3 is 0 Å². The highest BCUT2D eigenvalue weighted by Crippen LogP contribution is 2.57. The van der Waals surface area contributed by atoms with Crippen LogP contribution in [0.25, 0.3) is 0 Å². The molecule has 0 saturated heterocycles. The van der Waals surface area contributed by atoms with Crippen molar-refractivity contribution < 1.29 is 9.53 Å². The van der Waals surface area contributed by atoms with Gasteiger partial charge in [-0.1, -0.05) is 30.3 Å². The molecule has 1 fully saturated rings. The van der Waals surface area contributed by atoms with Crippen LogP contribution < -0.4 is 9.64 Å². The van der Waals surface area contributed by atoms with Crippen molar-refractivity contribution in [2.75, 3.05) is 12.0 Å². The number of benzene rings is 2. The first-order chi connectivity index (χ1) is 10.2. The van der Waals surface area contributed by atoms with E-state index in [1.807, 2.05) is 41.3 Å². The average molecular weight is 279 g/mol. The molecule has 0 atom stereocenters. The Morgan fingerprint density at radius 1 is 1.10 bits per heavy atom. The highest BCUT2D eigenvalue weighted by Gasteiger charge is 2.58. The van der Waals surface area contributed by atoms with Crippen molar-refractivity contribution >= 4 is 11.6 Å². The molecule has 21 heavy (non-hydrogen) atoms. The van der Waals surface area contributed by atoms with Crippen molar-refractivity contribution in [2.24, 2.45) is 0 Å². The number of hydrogen-bond acceptors (Lipinski definition) is 2. The summed E-state index contributed by atoms with van der Waals surface area (Å²) in [7, 11) is 1.66. The highest BCUT2D eigenvalue weighted by molar-refractivity contribution is 6.10. The van der Waals surface area contributed by atoms with Gasteiger partial charge in [0.1, 0.15) is 5.75 Å². The summed E-state index contributed by atoms with van der Waals surface area (Å²) in [5, 5.41) is 0. The maximum absolute atomic E-state index is 12.8. The molecule has 4 rings (SSSR count). The average Bonchev–Trinajstić information content (AvgIpc) is 3.30. The van der Waals surface area contributed by atoms with Crippen LogP contribution in [0, 0.1) is 0 Å². The van der Waals surface area contributed by atoms with E-state index in [-0.39, 0.29) is 11.3 Å². The zero-order valence-corrected chi connectivity index (χ0v) is 12.0. The van der Waals surface area contributed by atoms with Crippen molar-refractivity contribution in [3.05, 3.63) is 59.7 Å². The number of methoxy groups -OCH3 is 1. The van der Waals surface area contributed by atoms with E-state index in [1.54, 1.807) is 7.11 Å². The van der Waals surface area contributed by atoms with Crippen molar-refractivity contribution in [2.45, 2.75) is 24.8 Å². The molecule has 106 valence electrons. The quantitative estimate of drug-likeness (QED) is 0.863. The minimum atomic E-state index is -0.205. The number of anilines is 1. The van der Waals surface area contributed by atoms with Crippen LogP contribution in [0.2, 0.25) is 0 Å². The lowest BCUT2D eigenvalue weighted by atomic mass is 9.98. The standard InChI is InChI=1S/C18H17NO2/c1-21-14-8-6-13(7-9-14)12-19-16-5-3-2-4-15(16)18(10-11-18)17(19)20/h2-9H,10-12H2,1H3. The molecule has 0 radical (unpaired) electrons. The molecule has 3 heteroatoms. The van der Waals surface area contributed by atoms with Crippen LogP contribution in [0.15, 0.2) is 48.5 Å². The molecule has 3 nitrogen and oxygen atoms in total. The Morgan fingerprint density at radius 3 is 2.48 bits per heavy atom. The van der Waals surface area contributed by atoms with Crippen molar-refractivity contribution in [3.8, 4) is 5.75 Å². The fraction of sp³-hybridized carbons (Fsp3) is 0.278. The first kappa shape index (κ1) is 12.5. The van der Waals surface area contributed by atoms with E-state index in [9.17, 15) is 4.79 Å². The van der Waals surface area contributed by atoms with E-state index in [0.29, 0.717) is 6.54 Å². The summed E-state index contributed by atoms with van der Waals surface area (Å²) in [5.74, 6) is 1.10. The second kappa shape index (κ2) is 4.35. The molecule has 1 aliphatic carbocycles. The van der Waals surface area contributed by atoms with Gasteiger partial charge in [0.2, 0.25) is 5.91 Å². The summed E-state index contributed by atoms with van der Waals surface area (Å²) < 4.78 is 5.18. The van der Waals surface area contributed by atoms with Gasteiger partial charge in [-0.3, -0.25) is 4.79 Å². The molecule has 0 bridgehead atoms. The van der Waals surface area contributed by atoms with E-state index in [0.717, 1.165) is 29.8 Å². The molecule has 2 aromatic rings. The Morgan fingerprint density at radius 2 is 1.81 bits per heavy atom. The molecular weight excluding hydrogens is 262 g/mol. The molecule has 1 spiro atoms. The van der Waals surface area contributed by atoms with Gasteiger partial charge in [-0.15, -0.1) is 0 Å². The van der Waals surface area contributed by atoms with E-state index in [1.165, 1.54) is 5.56 Å². The minimum Gasteiger partial charge on any atom is -0.497 e. The molecule has 1 heterocycles. The van der Waals surface area contributed by atoms with Crippen LogP contribution in [-0.2, 0) is 16.8 Å². The van der Waals surface area contributed by atoms with Gasteiger partial charge in [0.15, 0.2) is 0 Å². The molecule has 0 aromatic heterocycles. The summed E-state index contributed by atoms with van der Waals surface area (Å²) in [5.41, 5.74) is 3.21. The molecular formula is C18H17NO2. The Balaban J connectivity index is 1.67. The summed E-state index contributed by atoms with van der Waals surface area (Å²) in [6, 6.07) is 16.1. The number of fused-ring (bicyclic) bond motifs is 2. The first-order valence-corrected chi connectivity index (χ1v) is 7.29. The number of nitrogens with zero attached hydrogens (tertiary/aromatic N) is 1. The number of para-hydroxylation sites is 1. The SMILES string of the molecule is COc1ccc(CN2C(=O)C3(CC3)c3ccccc32)cc1. The Hall–Kier alpha value is -2.29. The molecule has 1 aliphatic heterocycles. The summed E-state index contributed by atoms with van der Waals surface area (Å²) in [6.45, 7) is 0.627. The second-order valence-electron chi connectivity index (χ2n) is 5.84. The van der Waals surface area contributed by atoms with Crippen LogP contribution in [0.3, 0.4) is 0 Å². The van der Waals surface area contributed by atoms with E-state index in [2.05, 4.69) is 12.1 Å². The molecule has 2 aliphatic rings. The van der Waals surface area contributed by atoms with Gasteiger partial charge in [0, 0.05) is 5.69 Å². The third-order valence-corrected chi connectivity index (χ3v) is 4.61. The van der Waals surface area contributed by atoms with Crippen LogP contribution in [0.5, 0.6) is 5.75 Å². The van der Waals surface area contributed by atoms with Crippen LogP contribution in [-0.4, -0.2) is 13.0 Å². The predicted molar refractivity (Wildman–Crippen MR) is 81.5 cm³/mol. The zero-order chi connectivity index (χ0) is 14.4. The predicted octanol–water partition coefficient (Wildman–Crippen LogP) is 3.27. The summed E-state index contributed by atoms with van der Waals surface area (Å²) >= 11 is 0. The smallest absolute Gasteiger partial charge is 0.238 e. The highest BCUT2D eigenvalue weighted by atomic mass is 16.5. The second-order valence-corrected chi connectivity index (χ2v) is 5.84. The minimum absolute atomic E-state index is 0.205. The fourth-order valence-electron chi connectivity index (χ4n) is 3.28. The molecule has 0 unspecified atom stereocenters. The maximum Gasteiger partial charge on any atom is 0.238 e. The maximum atomic E-state index is 12.8. The van der Waals surface area contributed by atoms with Gasteiger partial charge in [0.05, 0.1) is 19.1 Å². The van der Waals surface area contributed by atoms with E-state index >= 15 is 0 Å². The van der Waals surface area contributed by atoms with Crippen LogP contribution >= 0.6 is 0 Å². The van der Waals surface area contributed by atoms with Crippen molar-refractivity contribution in [1.82, 2.24) is 0 Å². The first-order valence-electron chi connectivity index (χ1n) is 7.29. The number of carbonyl (C=O) groups is 1. The number of rotatable bonds is 3. The zero-order valence-electron chi connectivity index (χ0n) is 12.0. The van der Waals surface area contributed by atoms with Crippen LogP contribution in [0.4, 0.5) is 5.69 Å². The molecule has 0 N–H and O–H groups in total. The van der Waals surface area contributed by atoms with Gasteiger partial charge in [0.25, 0.3) is 0 Å². The van der Waals surface area contributed by atoms with Gasteiger partial charge in [-0.05, 0) is 42.2 Å². The largest absolute Gasteiger partial charge is 0.497 e. The number of ether oxygens (including phenoxy) is 1. The van der Waals surface area contributed by atoms with E-state index < -0.39 is 0 Å². The van der Waals surface area contributed by atoms with Crippen molar-refractivity contribution in [3.63, 3.8) is 0 Å². The lowest BCUT2D eigenvalue weighted by molar-refractivity contribution is -0.120. The Labute approximate surface area is 124 Å².